The quantitative estimate of drug-likeness (QED) is 0.302. The Morgan fingerprint density at radius 2 is 1.37 bits per heavy atom. The lowest BCUT2D eigenvalue weighted by molar-refractivity contribution is 0.567. The third-order valence-corrected chi connectivity index (χ3v) is 5.34. The van der Waals surface area contributed by atoms with Crippen LogP contribution in [0.25, 0.3) is 43.9 Å². The molecule has 3 heteroatoms. The second-order valence-electron chi connectivity index (χ2n) is 8.23. The molecule has 0 fully saturated rings. The molecule has 3 aromatic carbocycles. The maximum Gasteiger partial charge on any atom is 0.178 e. The predicted octanol–water partition coefficient (Wildman–Crippen LogP) is 6.96. The Labute approximate surface area is 156 Å². The van der Waals surface area contributed by atoms with E-state index in [2.05, 4.69) is 58.0 Å². The number of hydrogen-bond acceptors (Lipinski definition) is 3. The van der Waals surface area contributed by atoms with E-state index in [0.717, 1.165) is 38.3 Å². The fourth-order valence-electron chi connectivity index (χ4n) is 4.23. The van der Waals surface area contributed by atoms with Crippen LogP contribution in [-0.2, 0) is 5.41 Å². The summed E-state index contributed by atoms with van der Waals surface area (Å²) in [6.45, 7) is 8.76. The number of hydrogen-bond donors (Lipinski definition) is 0. The minimum atomic E-state index is -0.0217. The molecule has 0 radical (unpaired) electrons. The Hall–Kier alpha value is -3.25. The first-order chi connectivity index (χ1) is 12.9. The Balaban J connectivity index is 1.96. The summed E-state index contributed by atoms with van der Waals surface area (Å²) in [6, 6.07) is 16.2. The standard InChI is InChI=1S/C24H19NO2/c1-13-5-7-17-18-10-9-16-15-8-6-14(12-25)11-19(15)26-22(16)23(18)27-21(17)20(13)24(2,3)4/h5-11H,1-4H3. The van der Waals surface area contributed by atoms with Gasteiger partial charge in [-0.15, -0.1) is 0 Å². The lowest BCUT2D eigenvalue weighted by atomic mass is 9.83. The van der Waals surface area contributed by atoms with E-state index in [9.17, 15) is 0 Å². The molecule has 5 aromatic rings. The Kier molecular flexibility index (Phi) is 3.04. The summed E-state index contributed by atoms with van der Waals surface area (Å²) in [6.07, 6.45) is 0. The summed E-state index contributed by atoms with van der Waals surface area (Å²) < 4.78 is 12.6. The van der Waals surface area contributed by atoms with E-state index in [4.69, 9.17) is 14.1 Å². The van der Waals surface area contributed by atoms with Crippen molar-refractivity contribution in [1.29, 1.82) is 5.26 Å². The summed E-state index contributed by atoms with van der Waals surface area (Å²) in [4.78, 5) is 0. The molecule has 0 spiro atoms. The van der Waals surface area contributed by atoms with Crippen LogP contribution >= 0.6 is 0 Å². The smallest absolute Gasteiger partial charge is 0.178 e. The summed E-state index contributed by atoms with van der Waals surface area (Å²) in [5.74, 6) is 0. The zero-order chi connectivity index (χ0) is 18.9. The molecule has 132 valence electrons. The molecule has 0 aliphatic rings. The van der Waals surface area contributed by atoms with Crippen molar-refractivity contribution in [2.24, 2.45) is 0 Å². The van der Waals surface area contributed by atoms with Crippen molar-refractivity contribution in [2.75, 3.05) is 0 Å². The number of nitriles is 1. The molecular weight excluding hydrogens is 334 g/mol. The van der Waals surface area contributed by atoms with Crippen molar-refractivity contribution < 1.29 is 8.83 Å². The van der Waals surface area contributed by atoms with Crippen LogP contribution in [0.4, 0.5) is 0 Å². The molecule has 5 rings (SSSR count). The normalized spacial score (nSPS) is 12.4. The van der Waals surface area contributed by atoms with E-state index in [0.29, 0.717) is 11.1 Å². The minimum absolute atomic E-state index is 0.0217. The van der Waals surface area contributed by atoms with E-state index in [1.165, 1.54) is 11.1 Å². The van der Waals surface area contributed by atoms with Crippen LogP contribution in [0.15, 0.2) is 51.3 Å². The van der Waals surface area contributed by atoms with Gasteiger partial charge in [-0.25, -0.2) is 0 Å². The van der Waals surface area contributed by atoms with Gasteiger partial charge in [-0.2, -0.15) is 5.26 Å². The number of benzene rings is 3. The molecule has 0 aliphatic carbocycles. The maximum absolute atomic E-state index is 9.16. The van der Waals surface area contributed by atoms with Crippen LogP contribution in [0.2, 0.25) is 0 Å². The summed E-state index contributed by atoms with van der Waals surface area (Å²) in [5, 5.41) is 13.3. The summed E-state index contributed by atoms with van der Waals surface area (Å²) in [5.41, 5.74) is 6.19. The third-order valence-electron chi connectivity index (χ3n) is 5.34. The van der Waals surface area contributed by atoms with Gasteiger partial charge < -0.3 is 8.83 Å². The highest BCUT2D eigenvalue weighted by atomic mass is 16.4. The van der Waals surface area contributed by atoms with Crippen molar-refractivity contribution in [3.05, 3.63) is 59.2 Å². The molecule has 0 bridgehead atoms. The van der Waals surface area contributed by atoms with Gasteiger partial charge in [0.15, 0.2) is 11.2 Å². The van der Waals surface area contributed by atoms with Crippen LogP contribution in [0.5, 0.6) is 0 Å². The van der Waals surface area contributed by atoms with Gasteiger partial charge in [-0.1, -0.05) is 32.9 Å². The highest BCUT2D eigenvalue weighted by molar-refractivity contribution is 6.19. The van der Waals surface area contributed by atoms with Crippen LogP contribution < -0.4 is 0 Å². The first-order valence-electron chi connectivity index (χ1n) is 9.10. The number of rotatable bonds is 0. The first-order valence-corrected chi connectivity index (χ1v) is 9.10. The highest BCUT2D eigenvalue weighted by Crippen LogP contribution is 2.42. The molecule has 0 saturated heterocycles. The van der Waals surface area contributed by atoms with E-state index < -0.39 is 0 Å². The van der Waals surface area contributed by atoms with Crippen LogP contribution in [0.1, 0.15) is 37.5 Å². The molecule has 2 aromatic heterocycles. The van der Waals surface area contributed by atoms with Crippen LogP contribution in [0.3, 0.4) is 0 Å². The first kappa shape index (κ1) is 16.0. The summed E-state index contributed by atoms with van der Waals surface area (Å²) >= 11 is 0. The largest absolute Gasteiger partial charge is 0.452 e. The van der Waals surface area contributed by atoms with E-state index in [1.54, 1.807) is 6.07 Å². The van der Waals surface area contributed by atoms with E-state index in [1.807, 2.05) is 12.1 Å². The second kappa shape index (κ2) is 5.14. The van der Waals surface area contributed by atoms with Gasteiger partial charge in [0.05, 0.1) is 11.6 Å². The lowest BCUT2D eigenvalue weighted by Crippen LogP contribution is -2.13. The zero-order valence-electron chi connectivity index (χ0n) is 15.8. The average Bonchev–Trinajstić information content (AvgIpc) is 3.17. The molecule has 0 amide bonds. The molecule has 0 unspecified atom stereocenters. The zero-order valence-corrected chi connectivity index (χ0v) is 15.8. The van der Waals surface area contributed by atoms with Gasteiger partial charge in [-0.3, -0.25) is 0 Å². The molecular formula is C24H19NO2. The molecule has 0 atom stereocenters. The SMILES string of the molecule is Cc1ccc2c(oc3c2ccc2c4ccc(C#N)cc4oc23)c1C(C)(C)C. The van der Waals surface area contributed by atoms with Crippen molar-refractivity contribution in [1.82, 2.24) is 0 Å². The van der Waals surface area contributed by atoms with Gasteiger partial charge in [0, 0.05) is 27.1 Å². The van der Waals surface area contributed by atoms with Gasteiger partial charge in [-0.05, 0) is 48.2 Å². The number of nitrogens with zero attached hydrogens (tertiary/aromatic N) is 1. The summed E-state index contributed by atoms with van der Waals surface area (Å²) in [7, 11) is 0. The van der Waals surface area contributed by atoms with Crippen LogP contribution in [-0.4, -0.2) is 0 Å². The van der Waals surface area contributed by atoms with Gasteiger partial charge >= 0.3 is 0 Å². The van der Waals surface area contributed by atoms with Crippen molar-refractivity contribution in [3.8, 4) is 6.07 Å². The molecule has 0 saturated carbocycles. The Morgan fingerprint density at radius 1 is 0.778 bits per heavy atom. The topological polar surface area (TPSA) is 50.1 Å². The average molecular weight is 353 g/mol. The van der Waals surface area contributed by atoms with Crippen molar-refractivity contribution >= 4 is 43.9 Å². The molecule has 0 aliphatic heterocycles. The van der Waals surface area contributed by atoms with E-state index in [-0.39, 0.29) is 5.41 Å². The third kappa shape index (κ3) is 2.13. The Bertz CT molecular complexity index is 1420. The fourth-order valence-corrected chi connectivity index (χ4v) is 4.23. The molecule has 3 nitrogen and oxygen atoms in total. The van der Waals surface area contributed by atoms with Gasteiger partial charge in [0.1, 0.15) is 11.2 Å². The minimum Gasteiger partial charge on any atom is -0.452 e. The second-order valence-corrected chi connectivity index (χ2v) is 8.23. The number of aryl methyl sites for hydroxylation is 1. The fraction of sp³-hybridized carbons (Fsp3) is 0.208. The van der Waals surface area contributed by atoms with Crippen molar-refractivity contribution in [3.63, 3.8) is 0 Å². The lowest BCUT2D eigenvalue weighted by Gasteiger charge is -2.21. The van der Waals surface area contributed by atoms with E-state index >= 15 is 0 Å². The highest BCUT2D eigenvalue weighted by Gasteiger charge is 2.24. The maximum atomic E-state index is 9.16. The number of fused-ring (bicyclic) bond motifs is 7. The Morgan fingerprint density at radius 3 is 2.07 bits per heavy atom. The number of furan rings is 2. The van der Waals surface area contributed by atoms with Crippen molar-refractivity contribution in [2.45, 2.75) is 33.1 Å². The van der Waals surface area contributed by atoms with Crippen LogP contribution in [0, 0.1) is 18.3 Å². The van der Waals surface area contributed by atoms with Gasteiger partial charge in [0.2, 0.25) is 0 Å². The molecule has 27 heavy (non-hydrogen) atoms. The molecule has 2 heterocycles. The predicted molar refractivity (Wildman–Crippen MR) is 109 cm³/mol. The monoisotopic (exact) mass is 353 g/mol. The molecule has 0 N–H and O–H groups in total. The van der Waals surface area contributed by atoms with Gasteiger partial charge in [0.25, 0.3) is 0 Å².